The van der Waals surface area contributed by atoms with Gasteiger partial charge in [-0.2, -0.15) is 0 Å². The molecule has 0 atom stereocenters. The zero-order valence-electron chi connectivity index (χ0n) is 8.38. The van der Waals surface area contributed by atoms with E-state index < -0.39 is 0 Å². The number of carbonyl (C=O) groups excluding carboxylic acids is 1. The van der Waals surface area contributed by atoms with Gasteiger partial charge in [-0.3, -0.25) is 4.79 Å². The van der Waals surface area contributed by atoms with E-state index in [1.165, 1.54) is 0 Å². The van der Waals surface area contributed by atoms with Crippen molar-refractivity contribution in [2.45, 2.75) is 32.6 Å². The molecule has 3 heteroatoms. The number of unbranched alkanes of at least 4 members (excludes halogenated alkanes) is 2. The lowest BCUT2D eigenvalue weighted by molar-refractivity contribution is 0.0463. The molecule has 0 unspecified atom stereocenters. The highest BCUT2D eigenvalue weighted by Gasteiger charge is 1.90. The fourth-order valence-corrected chi connectivity index (χ4v) is 0.815. The van der Waals surface area contributed by atoms with Crippen molar-refractivity contribution in [1.82, 2.24) is 0 Å². The van der Waals surface area contributed by atoms with E-state index >= 15 is 0 Å². The van der Waals surface area contributed by atoms with E-state index in [0.29, 0.717) is 26.2 Å². The van der Waals surface area contributed by atoms with Gasteiger partial charge >= 0.3 is 0 Å². The van der Waals surface area contributed by atoms with Gasteiger partial charge in [-0.1, -0.05) is 13.3 Å². The first kappa shape index (κ1) is 12.6. The summed E-state index contributed by atoms with van der Waals surface area (Å²) in [5.41, 5.74) is 0. The number of hydrogen-bond acceptors (Lipinski definition) is 3. The van der Waals surface area contributed by atoms with Crippen molar-refractivity contribution in [2.24, 2.45) is 0 Å². The molecule has 0 rings (SSSR count). The molecule has 0 bridgehead atoms. The number of hydrogen-bond donors (Lipinski definition) is 0. The minimum absolute atomic E-state index is 0.469. The maximum Gasteiger partial charge on any atom is 0.198 e. The zero-order chi connectivity index (χ0) is 9.78. The summed E-state index contributed by atoms with van der Waals surface area (Å²) >= 11 is 0. The van der Waals surface area contributed by atoms with E-state index in [0.717, 1.165) is 25.9 Å². The van der Waals surface area contributed by atoms with E-state index in [4.69, 9.17) is 9.47 Å². The van der Waals surface area contributed by atoms with E-state index in [9.17, 15) is 4.79 Å². The molecule has 0 fully saturated rings. The Balaban J connectivity index is 2.79. The fraction of sp³-hybridized carbons (Fsp3) is 0.900. The third-order valence-electron chi connectivity index (χ3n) is 1.58. The molecule has 0 aromatic rings. The molecular formula is C10H19O3. The Labute approximate surface area is 80.4 Å². The van der Waals surface area contributed by atoms with Gasteiger partial charge in [0, 0.05) is 19.6 Å². The lowest BCUT2D eigenvalue weighted by Crippen LogP contribution is -2.06. The van der Waals surface area contributed by atoms with Crippen LogP contribution in [0, 0.1) is 0 Å². The van der Waals surface area contributed by atoms with Crippen molar-refractivity contribution >= 4 is 6.29 Å². The van der Waals surface area contributed by atoms with Crippen LogP contribution in [-0.2, 0) is 14.3 Å². The largest absolute Gasteiger partial charge is 0.379 e. The van der Waals surface area contributed by atoms with E-state index in [1.54, 1.807) is 0 Å². The van der Waals surface area contributed by atoms with Crippen molar-refractivity contribution in [3.63, 3.8) is 0 Å². The maximum absolute atomic E-state index is 9.81. The van der Waals surface area contributed by atoms with Gasteiger partial charge in [0.05, 0.1) is 13.2 Å². The third kappa shape index (κ3) is 11.6. The van der Waals surface area contributed by atoms with Crippen molar-refractivity contribution in [3.05, 3.63) is 0 Å². The quantitative estimate of drug-likeness (QED) is 0.488. The summed E-state index contributed by atoms with van der Waals surface area (Å²) in [4.78, 5) is 9.81. The Kier molecular flexibility index (Phi) is 11.2. The normalized spacial score (nSPS) is 10.2. The van der Waals surface area contributed by atoms with Crippen molar-refractivity contribution in [3.8, 4) is 0 Å². The fourth-order valence-electron chi connectivity index (χ4n) is 0.815. The molecule has 0 amide bonds. The smallest absolute Gasteiger partial charge is 0.198 e. The first-order valence-electron chi connectivity index (χ1n) is 4.92. The molecule has 77 valence electrons. The minimum Gasteiger partial charge on any atom is -0.379 e. The molecule has 13 heavy (non-hydrogen) atoms. The van der Waals surface area contributed by atoms with Gasteiger partial charge in [-0.15, -0.1) is 0 Å². The predicted molar refractivity (Wildman–Crippen MR) is 51.5 cm³/mol. The van der Waals surface area contributed by atoms with Crippen LogP contribution in [0.2, 0.25) is 0 Å². The van der Waals surface area contributed by atoms with Crippen LogP contribution in [0.1, 0.15) is 32.6 Å². The van der Waals surface area contributed by atoms with Crippen LogP contribution in [0.3, 0.4) is 0 Å². The molecular weight excluding hydrogens is 168 g/mol. The number of ether oxygens (including phenoxy) is 2. The highest BCUT2D eigenvalue weighted by molar-refractivity contribution is 5.50. The summed E-state index contributed by atoms with van der Waals surface area (Å²) in [6.45, 7) is 4.87. The van der Waals surface area contributed by atoms with Gasteiger partial charge in [0.15, 0.2) is 6.29 Å². The van der Waals surface area contributed by atoms with Gasteiger partial charge in [-0.05, 0) is 12.8 Å². The summed E-state index contributed by atoms with van der Waals surface area (Å²) < 4.78 is 10.5. The first-order valence-corrected chi connectivity index (χ1v) is 4.92. The second kappa shape index (κ2) is 11.6. The van der Waals surface area contributed by atoms with Crippen molar-refractivity contribution in [1.29, 1.82) is 0 Å². The Hall–Kier alpha value is -0.410. The highest BCUT2D eigenvalue weighted by Crippen LogP contribution is 1.89. The highest BCUT2D eigenvalue weighted by atomic mass is 16.5. The molecule has 0 spiro atoms. The van der Waals surface area contributed by atoms with Gasteiger partial charge < -0.3 is 9.47 Å². The van der Waals surface area contributed by atoms with Crippen LogP contribution < -0.4 is 0 Å². The monoisotopic (exact) mass is 187 g/mol. The third-order valence-corrected chi connectivity index (χ3v) is 1.58. The average Bonchev–Trinajstić information content (AvgIpc) is 2.16. The Morgan fingerprint density at radius 1 is 1.00 bits per heavy atom. The number of rotatable bonds is 10. The summed E-state index contributed by atoms with van der Waals surface area (Å²) in [6, 6.07) is 0. The Morgan fingerprint density at radius 3 is 2.15 bits per heavy atom. The van der Waals surface area contributed by atoms with Gasteiger partial charge in [0.2, 0.25) is 0 Å². The average molecular weight is 187 g/mol. The lowest BCUT2D eigenvalue weighted by Gasteiger charge is -2.03. The second-order valence-corrected chi connectivity index (χ2v) is 2.83. The van der Waals surface area contributed by atoms with Gasteiger partial charge in [0.1, 0.15) is 0 Å². The molecule has 0 heterocycles. The maximum atomic E-state index is 9.81. The van der Waals surface area contributed by atoms with E-state index in [1.807, 2.05) is 6.29 Å². The molecule has 0 aliphatic rings. The SMILES string of the molecule is CCCCOCCOCCC[C]=O. The molecule has 0 aromatic heterocycles. The molecule has 0 aliphatic heterocycles. The van der Waals surface area contributed by atoms with Gasteiger partial charge in [0.25, 0.3) is 0 Å². The second-order valence-electron chi connectivity index (χ2n) is 2.83. The molecule has 0 aromatic carbocycles. The summed E-state index contributed by atoms with van der Waals surface area (Å²) in [6.07, 6.45) is 5.33. The first-order chi connectivity index (χ1) is 6.41. The predicted octanol–water partition coefficient (Wildman–Crippen LogP) is 1.71. The molecule has 0 aliphatic carbocycles. The lowest BCUT2D eigenvalue weighted by atomic mass is 10.3. The zero-order valence-corrected chi connectivity index (χ0v) is 8.38. The van der Waals surface area contributed by atoms with Crippen LogP contribution in [0.5, 0.6) is 0 Å². The Morgan fingerprint density at radius 2 is 1.62 bits per heavy atom. The van der Waals surface area contributed by atoms with Crippen LogP contribution in [0.15, 0.2) is 0 Å². The van der Waals surface area contributed by atoms with Crippen LogP contribution in [0.25, 0.3) is 0 Å². The summed E-state index contributed by atoms with van der Waals surface area (Å²) in [5, 5.41) is 0. The van der Waals surface area contributed by atoms with Crippen molar-refractivity contribution in [2.75, 3.05) is 26.4 Å². The standard InChI is InChI=1S/C10H19O3/c1-2-3-7-12-9-10-13-8-5-4-6-11/h2-5,7-10H2,1H3. The van der Waals surface area contributed by atoms with Crippen LogP contribution in [0.4, 0.5) is 0 Å². The van der Waals surface area contributed by atoms with E-state index in [-0.39, 0.29) is 0 Å². The molecule has 0 saturated heterocycles. The molecule has 3 nitrogen and oxygen atoms in total. The van der Waals surface area contributed by atoms with Crippen molar-refractivity contribution < 1.29 is 14.3 Å². The van der Waals surface area contributed by atoms with Crippen LogP contribution >= 0.6 is 0 Å². The van der Waals surface area contributed by atoms with Crippen LogP contribution in [-0.4, -0.2) is 32.7 Å². The summed E-state index contributed by atoms with van der Waals surface area (Å²) in [7, 11) is 0. The minimum atomic E-state index is 0.469. The summed E-state index contributed by atoms with van der Waals surface area (Å²) in [5.74, 6) is 0. The molecule has 1 radical (unpaired) electrons. The topological polar surface area (TPSA) is 35.5 Å². The van der Waals surface area contributed by atoms with Gasteiger partial charge in [-0.25, -0.2) is 0 Å². The molecule has 0 N–H and O–H groups in total. The molecule has 0 saturated carbocycles. The Bertz CT molecular complexity index is 104. The van der Waals surface area contributed by atoms with E-state index in [2.05, 4.69) is 6.92 Å².